The quantitative estimate of drug-likeness (QED) is 0.694. The summed E-state index contributed by atoms with van der Waals surface area (Å²) in [4.78, 5) is 11.3. The van der Waals surface area contributed by atoms with Gasteiger partial charge >= 0.3 is 0 Å². The van der Waals surface area contributed by atoms with Gasteiger partial charge in [0.15, 0.2) is 6.61 Å². The number of ketones is 1. The molecule has 0 aliphatic carbocycles. The fourth-order valence-corrected chi connectivity index (χ4v) is 1.33. The molecule has 15 heavy (non-hydrogen) atoms. The van der Waals surface area contributed by atoms with Gasteiger partial charge in [-0.15, -0.1) is 0 Å². The smallest absolute Gasteiger partial charge is 0.203 e. The molecule has 1 aromatic rings. The Morgan fingerprint density at radius 2 is 2.27 bits per heavy atom. The lowest BCUT2D eigenvalue weighted by molar-refractivity contribution is 0.0961. The predicted octanol–water partition coefficient (Wildman–Crippen LogP) is 2.56. The van der Waals surface area contributed by atoms with Crippen LogP contribution in [0, 0.1) is 0 Å². The van der Waals surface area contributed by atoms with Crippen molar-refractivity contribution >= 4 is 5.78 Å². The molecule has 1 aromatic carbocycles. The van der Waals surface area contributed by atoms with Gasteiger partial charge in [-0.05, 0) is 31.6 Å². The van der Waals surface area contributed by atoms with Crippen LogP contribution in [-0.4, -0.2) is 12.4 Å². The molecule has 2 rings (SSSR count). The first kappa shape index (κ1) is 9.77. The SMILES string of the molecule is CC(C)=COc1ccc2c(c1)OCC2=O. The third-order valence-electron chi connectivity index (χ3n) is 2.04. The van der Waals surface area contributed by atoms with Gasteiger partial charge in [-0.3, -0.25) is 4.79 Å². The van der Waals surface area contributed by atoms with E-state index in [1.807, 2.05) is 13.8 Å². The van der Waals surface area contributed by atoms with E-state index in [0.717, 1.165) is 5.57 Å². The Balaban J connectivity index is 2.23. The van der Waals surface area contributed by atoms with Gasteiger partial charge in [0.1, 0.15) is 11.5 Å². The maximum absolute atomic E-state index is 11.3. The molecule has 0 amide bonds. The number of rotatable bonds is 2. The first-order valence-electron chi connectivity index (χ1n) is 4.77. The van der Waals surface area contributed by atoms with Crippen LogP contribution >= 0.6 is 0 Å². The number of allylic oxidation sites excluding steroid dienone is 1. The van der Waals surface area contributed by atoms with Crippen molar-refractivity contribution in [2.24, 2.45) is 0 Å². The number of carbonyl (C=O) groups excluding carboxylic acids is 1. The van der Waals surface area contributed by atoms with Crippen LogP contribution in [0.25, 0.3) is 0 Å². The van der Waals surface area contributed by atoms with Crippen LogP contribution in [-0.2, 0) is 0 Å². The van der Waals surface area contributed by atoms with Gasteiger partial charge in [0, 0.05) is 6.07 Å². The minimum absolute atomic E-state index is 0.0266. The molecule has 0 unspecified atom stereocenters. The van der Waals surface area contributed by atoms with E-state index in [2.05, 4.69) is 0 Å². The molecule has 0 atom stereocenters. The van der Waals surface area contributed by atoms with Gasteiger partial charge in [0.25, 0.3) is 0 Å². The van der Waals surface area contributed by atoms with E-state index in [1.54, 1.807) is 24.5 Å². The highest BCUT2D eigenvalue weighted by Crippen LogP contribution is 2.29. The van der Waals surface area contributed by atoms with Crippen molar-refractivity contribution in [2.75, 3.05) is 6.61 Å². The predicted molar refractivity (Wildman–Crippen MR) is 56.3 cm³/mol. The fourth-order valence-electron chi connectivity index (χ4n) is 1.33. The first-order chi connectivity index (χ1) is 7.16. The molecule has 1 aliphatic heterocycles. The van der Waals surface area contributed by atoms with Gasteiger partial charge in [-0.2, -0.15) is 0 Å². The van der Waals surface area contributed by atoms with E-state index in [-0.39, 0.29) is 12.4 Å². The molecule has 0 aromatic heterocycles. The number of fused-ring (bicyclic) bond motifs is 1. The molecule has 0 saturated carbocycles. The standard InChI is InChI=1S/C12H12O3/c1-8(2)6-14-9-3-4-10-11(13)7-15-12(10)5-9/h3-6H,7H2,1-2H3. The highest BCUT2D eigenvalue weighted by Gasteiger charge is 2.20. The third-order valence-corrected chi connectivity index (χ3v) is 2.04. The topological polar surface area (TPSA) is 35.5 Å². The Kier molecular flexibility index (Phi) is 2.46. The summed E-state index contributed by atoms with van der Waals surface area (Å²) in [5, 5.41) is 0. The first-order valence-corrected chi connectivity index (χ1v) is 4.77. The van der Waals surface area contributed by atoms with Crippen molar-refractivity contribution < 1.29 is 14.3 Å². The van der Waals surface area contributed by atoms with Crippen LogP contribution in [0.4, 0.5) is 0 Å². The number of carbonyl (C=O) groups is 1. The third kappa shape index (κ3) is 2.01. The number of hydrogen-bond acceptors (Lipinski definition) is 3. The summed E-state index contributed by atoms with van der Waals surface area (Å²) < 4.78 is 10.6. The molecule has 0 spiro atoms. The second kappa shape index (κ2) is 3.77. The number of ether oxygens (including phenoxy) is 2. The normalized spacial score (nSPS) is 13.1. The monoisotopic (exact) mass is 204 g/mol. The van der Waals surface area contributed by atoms with Crippen LogP contribution in [0.15, 0.2) is 30.0 Å². The molecule has 3 nitrogen and oxygen atoms in total. The maximum Gasteiger partial charge on any atom is 0.203 e. The molecule has 78 valence electrons. The minimum Gasteiger partial charge on any atom is -0.485 e. The van der Waals surface area contributed by atoms with E-state index in [1.165, 1.54) is 0 Å². The average Bonchev–Trinajstić information content (AvgIpc) is 2.57. The van der Waals surface area contributed by atoms with Crippen LogP contribution in [0.2, 0.25) is 0 Å². The van der Waals surface area contributed by atoms with Gasteiger partial charge in [0.05, 0.1) is 11.8 Å². The maximum atomic E-state index is 11.3. The largest absolute Gasteiger partial charge is 0.485 e. The lowest BCUT2D eigenvalue weighted by Crippen LogP contribution is -1.98. The summed E-state index contributed by atoms with van der Waals surface area (Å²) in [6, 6.07) is 5.24. The highest BCUT2D eigenvalue weighted by atomic mass is 16.5. The average molecular weight is 204 g/mol. The van der Waals surface area contributed by atoms with Crippen LogP contribution in [0.5, 0.6) is 11.5 Å². The van der Waals surface area contributed by atoms with E-state index in [0.29, 0.717) is 17.1 Å². The summed E-state index contributed by atoms with van der Waals surface area (Å²) in [6.45, 7) is 4.04. The van der Waals surface area contributed by atoms with Gasteiger partial charge in [-0.1, -0.05) is 0 Å². The second-order valence-corrected chi connectivity index (χ2v) is 3.68. The zero-order chi connectivity index (χ0) is 10.8. The molecular weight excluding hydrogens is 192 g/mol. The van der Waals surface area contributed by atoms with Gasteiger partial charge in [0.2, 0.25) is 5.78 Å². The number of hydrogen-bond donors (Lipinski definition) is 0. The molecule has 0 N–H and O–H groups in total. The van der Waals surface area contributed by atoms with E-state index in [9.17, 15) is 4.79 Å². The van der Waals surface area contributed by atoms with Crippen molar-refractivity contribution in [3.63, 3.8) is 0 Å². The second-order valence-electron chi connectivity index (χ2n) is 3.68. The Labute approximate surface area is 88.3 Å². The Morgan fingerprint density at radius 3 is 3.00 bits per heavy atom. The van der Waals surface area contributed by atoms with Crippen molar-refractivity contribution in [2.45, 2.75) is 13.8 Å². The molecule has 1 heterocycles. The van der Waals surface area contributed by atoms with Crippen LogP contribution < -0.4 is 9.47 Å². The summed E-state index contributed by atoms with van der Waals surface area (Å²) in [5.74, 6) is 1.32. The lowest BCUT2D eigenvalue weighted by Gasteiger charge is -2.02. The summed E-state index contributed by atoms with van der Waals surface area (Å²) in [6.07, 6.45) is 1.67. The van der Waals surface area contributed by atoms with Crippen molar-refractivity contribution in [3.8, 4) is 11.5 Å². The zero-order valence-corrected chi connectivity index (χ0v) is 8.74. The lowest BCUT2D eigenvalue weighted by atomic mass is 10.1. The Bertz CT molecular complexity index is 428. The minimum atomic E-state index is 0.0266. The van der Waals surface area contributed by atoms with Crippen molar-refractivity contribution in [1.82, 2.24) is 0 Å². The Hall–Kier alpha value is -1.77. The highest BCUT2D eigenvalue weighted by molar-refractivity contribution is 6.02. The van der Waals surface area contributed by atoms with Gasteiger partial charge < -0.3 is 9.47 Å². The van der Waals surface area contributed by atoms with Crippen molar-refractivity contribution in [3.05, 3.63) is 35.6 Å². The summed E-state index contributed by atoms with van der Waals surface area (Å²) >= 11 is 0. The fraction of sp³-hybridized carbons (Fsp3) is 0.250. The Morgan fingerprint density at radius 1 is 1.47 bits per heavy atom. The van der Waals surface area contributed by atoms with E-state index in [4.69, 9.17) is 9.47 Å². The molecule has 0 fully saturated rings. The van der Waals surface area contributed by atoms with E-state index >= 15 is 0 Å². The van der Waals surface area contributed by atoms with Gasteiger partial charge in [-0.25, -0.2) is 0 Å². The summed E-state index contributed by atoms with van der Waals surface area (Å²) in [5.41, 5.74) is 1.71. The van der Waals surface area contributed by atoms with Crippen LogP contribution in [0.1, 0.15) is 24.2 Å². The molecule has 3 heteroatoms. The number of Topliss-reactive ketones (excluding diaryl/α,β-unsaturated/α-hetero) is 1. The molecule has 0 bridgehead atoms. The zero-order valence-electron chi connectivity index (χ0n) is 8.74. The molecule has 0 saturated heterocycles. The number of benzene rings is 1. The summed E-state index contributed by atoms with van der Waals surface area (Å²) in [7, 11) is 0. The molecule has 1 aliphatic rings. The van der Waals surface area contributed by atoms with Crippen molar-refractivity contribution in [1.29, 1.82) is 0 Å². The van der Waals surface area contributed by atoms with Crippen LogP contribution in [0.3, 0.4) is 0 Å². The van der Waals surface area contributed by atoms with E-state index < -0.39 is 0 Å². The molecular formula is C12H12O3. The molecule has 0 radical (unpaired) electrons.